The van der Waals surface area contributed by atoms with Crippen molar-refractivity contribution in [2.75, 3.05) is 31.7 Å². The van der Waals surface area contributed by atoms with E-state index in [-0.39, 0.29) is 11.5 Å². The number of hydrogen-bond acceptors (Lipinski definition) is 4. The van der Waals surface area contributed by atoms with Gasteiger partial charge in [0.15, 0.2) is 15.8 Å². The van der Waals surface area contributed by atoms with Gasteiger partial charge in [0.2, 0.25) is 0 Å². The van der Waals surface area contributed by atoms with Crippen molar-refractivity contribution in [1.29, 1.82) is 0 Å². The van der Waals surface area contributed by atoms with Crippen molar-refractivity contribution in [3.8, 4) is 5.75 Å². The third-order valence-electron chi connectivity index (χ3n) is 3.96. The Labute approximate surface area is 144 Å². The average Bonchev–Trinajstić information content (AvgIpc) is 3.41. The summed E-state index contributed by atoms with van der Waals surface area (Å²) >= 11 is 0. The standard InChI is InChI=1S/C17H27N3O3S/c1-3-24(21,22)11-10-19-17(18-2)20-12-15-6-4-5-7-16(15)23-13-14-8-9-14/h4-7,14H,3,8-13H2,1-2H3,(H2,18,19,20). The third kappa shape index (κ3) is 6.39. The van der Waals surface area contributed by atoms with E-state index in [1.54, 1.807) is 14.0 Å². The van der Waals surface area contributed by atoms with Gasteiger partial charge >= 0.3 is 0 Å². The summed E-state index contributed by atoms with van der Waals surface area (Å²) in [6, 6.07) is 7.94. The second-order valence-electron chi connectivity index (χ2n) is 5.95. The lowest BCUT2D eigenvalue weighted by Gasteiger charge is -2.14. The molecule has 0 spiro atoms. The fraction of sp³-hybridized carbons (Fsp3) is 0.588. The molecule has 1 aromatic rings. The summed E-state index contributed by atoms with van der Waals surface area (Å²) in [6.07, 6.45) is 2.52. The van der Waals surface area contributed by atoms with E-state index in [1.807, 2.05) is 24.3 Å². The first kappa shape index (κ1) is 18.6. The van der Waals surface area contributed by atoms with Crippen LogP contribution in [-0.4, -0.2) is 46.1 Å². The summed E-state index contributed by atoms with van der Waals surface area (Å²) in [7, 11) is -1.31. The Kier molecular flexibility index (Phi) is 6.90. The first-order chi connectivity index (χ1) is 11.5. The quantitative estimate of drug-likeness (QED) is 0.520. The number of sulfone groups is 1. The molecule has 0 radical (unpaired) electrons. The van der Waals surface area contributed by atoms with Crippen molar-refractivity contribution in [3.05, 3.63) is 29.8 Å². The van der Waals surface area contributed by atoms with Crippen LogP contribution in [0.5, 0.6) is 5.75 Å². The molecule has 0 aliphatic heterocycles. The van der Waals surface area contributed by atoms with Crippen LogP contribution in [0.2, 0.25) is 0 Å². The van der Waals surface area contributed by atoms with Crippen LogP contribution in [-0.2, 0) is 16.4 Å². The summed E-state index contributed by atoms with van der Waals surface area (Å²) in [4.78, 5) is 4.12. The molecule has 0 unspecified atom stereocenters. The molecule has 0 heterocycles. The van der Waals surface area contributed by atoms with Crippen LogP contribution in [0.4, 0.5) is 0 Å². The van der Waals surface area contributed by atoms with Crippen molar-refractivity contribution in [1.82, 2.24) is 10.6 Å². The Bertz CT molecular complexity index is 655. The first-order valence-corrected chi connectivity index (χ1v) is 10.2. The lowest BCUT2D eigenvalue weighted by Crippen LogP contribution is -2.39. The summed E-state index contributed by atoms with van der Waals surface area (Å²) in [5, 5.41) is 6.23. The SMILES string of the molecule is CCS(=O)(=O)CCNC(=NC)NCc1ccccc1OCC1CC1. The first-order valence-electron chi connectivity index (χ1n) is 8.39. The maximum atomic E-state index is 11.5. The van der Waals surface area contributed by atoms with Gasteiger partial charge in [0.25, 0.3) is 0 Å². The van der Waals surface area contributed by atoms with Gasteiger partial charge in [-0.2, -0.15) is 0 Å². The number of benzene rings is 1. The van der Waals surface area contributed by atoms with E-state index in [1.165, 1.54) is 12.8 Å². The van der Waals surface area contributed by atoms with Crippen LogP contribution in [0.15, 0.2) is 29.3 Å². The molecule has 2 N–H and O–H groups in total. The second-order valence-corrected chi connectivity index (χ2v) is 8.42. The van der Waals surface area contributed by atoms with E-state index in [9.17, 15) is 8.42 Å². The summed E-state index contributed by atoms with van der Waals surface area (Å²) < 4.78 is 28.9. The topological polar surface area (TPSA) is 79.8 Å². The van der Waals surface area contributed by atoms with Crippen LogP contribution >= 0.6 is 0 Å². The van der Waals surface area contributed by atoms with E-state index < -0.39 is 9.84 Å². The number of aliphatic imine (C=N–C) groups is 1. The molecule has 7 heteroatoms. The number of ether oxygens (including phenoxy) is 1. The number of hydrogen-bond donors (Lipinski definition) is 2. The molecule has 1 saturated carbocycles. The minimum atomic E-state index is -2.97. The maximum Gasteiger partial charge on any atom is 0.191 e. The Morgan fingerprint density at radius 1 is 1.29 bits per heavy atom. The number of nitrogens with one attached hydrogen (secondary N) is 2. The van der Waals surface area contributed by atoms with Gasteiger partial charge in [-0.05, 0) is 24.8 Å². The van der Waals surface area contributed by atoms with Gasteiger partial charge in [0.05, 0.1) is 12.4 Å². The number of guanidine groups is 1. The second kappa shape index (κ2) is 8.92. The van der Waals surface area contributed by atoms with Gasteiger partial charge in [-0.3, -0.25) is 4.99 Å². The number of para-hydroxylation sites is 1. The van der Waals surface area contributed by atoms with Crippen LogP contribution < -0.4 is 15.4 Å². The van der Waals surface area contributed by atoms with Crippen LogP contribution in [0.3, 0.4) is 0 Å². The highest BCUT2D eigenvalue weighted by molar-refractivity contribution is 7.91. The number of rotatable bonds is 9. The predicted octanol–water partition coefficient (Wildman–Crippen LogP) is 1.58. The van der Waals surface area contributed by atoms with E-state index in [0.717, 1.165) is 17.9 Å². The molecule has 24 heavy (non-hydrogen) atoms. The Balaban J connectivity index is 1.82. The van der Waals surface area contributed by atoms with Gasteiger partial charge in [0.1, 0.15) is 5.75 Å². The molecule has 1 aliphatic rings. The molecule has 6 nitrogen and oxygen atoms in total. The van der Waals surface area contributed by atoms with Crippen LogP contribution in [0.1, 0.15) is 25.3 Å². The Morgan fingerprint density at radius 3 is 2.71 bits per heavy atom. The lowest BCUT2D eigenvalue weighted by molar-refractivity contribution is 0.296. The normalized spacial score (nSPS) is 15.2. The Hall–Kier alpha value is -1.76. The summed E-state index contributed by atoms with van der Waals surface area (Å²) in [6.45, 7) is 3.34. The zero-order valence-electron chi connectivity index (χ0n) is 14.4. The van der Waals surface area contributed by atoms with Crippen LogP contribution in [0, 0.1) is 5.92 Å². The molecule has 2 rings (SSSR count). The van der Waals surface area contributed by atoms with E-state index in [0.29, 0.717) is 25.0 Å². The minimum absolute atomic E-state index is 0.102. The Morgan fingerprint density at radius 2 is 2.04 bits per heavy atom. The molecular formula is C17H27N3O3S. The highest BCUT2D eigenvalue weighted by atomic mass is 32.2. The van der Waals surface area contributed by atoms with E-state index in [4.69, 9.17) is 4.74 Å². The fourth-order valence-corrected chi connectivity index (χ4v) is 2.85. The largest absolute Gasteiger partial charge is 0.493 e. The average molecular weight is 353 g/mol. The molecule has 0 amide bonds. The van der Waals surface area contributed by atoms with Gasteiger partial charge in [-0.15, -0.1) is 0 Å². The van der Waals surface area contributed by atoms with Gasteiger partial charge in [-0.1, -0.05) is 25.1 Å². The fourth-order valence-electron chi connectivity index (χ4n) is 2.15. The molecule has 1 aliphatic carbocycles. The van der Waals surface area contributed by atoms with Gasteiger partial charge in [-0.25, -0.2) is 8.42 Å². The zero-order valence-corrected chi connectivity index (χ0v) is 15.2. The molecule has 134 valence electrons. The smallest absolute Gasteiger partial charge is 0.191 e. The summed E-state index contributed by atoms with van der Waals surface area (Å²) in [5.41, 5.74) is 1.06. The highest BCUT2D eigenvalue weighted by Crippen LogP contribution is 2.30. The van der Waals surface area contributed by atoms with E-state index in [2.05, 4.69) is 15.6 Å². The van der Waals surface area contributed by atoms with Gasteiger partial charge in [0, 0.05) is 31.5 Å². The van der Waals surface area contributed by atoms with Gasteiger partial charge < -0.3 is 15.4 Å². The monoisotopic (exact) mass is 353 g/mol. The van der Waals surface area contributed by atoms with Crippen molar-refractivity contribution in [2.45, 2.75) is 26.3 Å². The van der Waals surface area contributed by atoms with Crippen molar-refractivity contribution in [3.63, 3.8) is 0 Å². The molecule has 1 fully saturated rings. The number of nitrogens with zero attached hydrogens (tertiary/aromatic N) is 1. The summed E-state index contributed by atoms with van der Waals surface area (Å²) in [5.74, 6) is 2.44. The molecule has 0 bridgehead atoms. The minimum Gasteiger partial charge on any atom is -0.493 e. The third-order valence-corrected chi connectivity index (χ3v) is 5.67. The molecule has 0 aromatic heterocycles. The predicted molar refractivity (Wildman–Crippen MR) is 97.2 cm³/mol. The maximum absolute atomic E-state index is 11.5. The van der Waals surface area contributed by atoms with E-state index >= 15 is 0 Å². The molecular weight excluding hydrogens is 326 g/mol. The molecule has 0 atom stereocenters. The van der Waals surface area contributed by atoms with Crippen molar-refractivity contribution < 1.29 is 13.2 Å². The lowest BCUT2D eigenvalue weighted by atomic mass is 10.2. The highest BCUT2D eigenvalue weighted by Gasteiger charge is 2.22. The zero-order chi connectivity index (χ0) is 17.4. The van der Waals surface area contributed by atoms with Crippen molar-refractivity contribution in [2.24, 2.45) is 10.9 Å². The molecule has 1 aromatic carbocycles. The van der Waals surface area contributed by atoms with Crippen LogP contribution in [0.25, 0.3) is 0 Å². The van der Waals surface area contributed by atoms with Crippen molar-refractivity contribution >= 4 is 15.8 Å². The molecule has 0 saturated heterocycles.